The van der Waals surface area contributed by atoms with Crippen molar-refractivity contribution in [3.05, 3.63) is 24.3 Å². The van der Waals surface area contributed by atoms with E-state index in [0.29, 0.717) is 0 Å². The molecule has 4 N–H and O–H groups in total. The Hall–Kier alpha value is -1.66. The Morgan fingerprint density at radius 3 is 1.76 bits per heavy atom. The van der Waals surface area contributed by atoms with Gasteiger partial charge in [0.05, 0.1) is 6.61 Å². The fraction of sp³-hybridized carbons (Fsp3) is 0.455. The fourth-order valence-electron chi connectivity index (χ4n) is 1.27. The van der Waals surface area contributed by atoms with E-state index >= 15 is 0 Å². The number of rotatable bonds is 7. The van der Waals surface area contributed by atoms with E-state index in [2.05, 4.69) is 0 Å². The van der Waals surface area contributed by atoms with Gasteiger partial charge >= 0.3 is 11.9 Å². The van der Waals surface area contributed by atoms with Gasteiger partial charge in [-0.2, -0.15) is 0 Å². The van der Waals surface area contributed by atoms with Gasteiger partial charge in [-0.3, -0.25) is 0 Å². The highest BCUT2D eigenvalue weighted by Crippen LogP contribution is 2.30. The number of aliphatic hydroxyl groups is 2. The van der Waals surface area contributed by atoms with Gasteiger partial charge in [-0.25, -0.2) is 9.59 Å². The molecule has 0 aliphatic heterocycles. The molecule has 0 bridgehead atoms. The summed E-state index contributed by atoms with van der Waals surface area (Å²) in [4.78, 5) is 20.9. The van der Waals surface area contributed by atoms with Crippen molar-refractivity contribution in [1.29, 1.82) is 0 Å². The summed E-state index contributed by atoms with van der Waals surface area (Å²) >= 11 is 0. The summed E-state index contributed by atoms with van der Waals surface area (Å²) in [5.41, 5.74) is -1.20. The predicted molar refractivity (Wildman–Crippen MR) is 59.3 cm³/mol. The van der Waals surface area contributed by atoms with Gasteiger partial charge in [0.2, 0.25) is 0 Å². The molecule has 0 saturated heterocycles. The third kappa shape index (κ3) is 4.80. The van der Waals surface area contributed by atoms with E-state index in [1.54, 1.807) is 6.92 Å². The first-order valence-electron chi connectivity index (χ1n) is 4.94. The fourth-order valence-corrected chi connectivity index (χ4v) is 1.27. The Balaban J connectivity index is 5.28. The van der Waals surface area contributed by atoms with Crippen LogP contribution in [0.3, 0.4) is 0 Å². The maximum Gasteiger partial charge on any atom is 0.328 e. The third-order valence-electron chi connectivity index (χ3n) is 2.54. The quantitative estimate of drug-likeness (QED) is 0.464. The third-order valence-corrected chi connectivity index (χ3v) is 2.54. The first-order valence-corrected chi connectivity index (χ1v) is 4.94. The molecule has 0 saturated carbocycles. The summed E-state index contributed by atoms with van der Waals surface area (Å²) in [6.07, 6.45) is 3.98. The molecule has 0 rings (SSSR count). The molecule has 0 heterocycles. The molecule has 0 aromatic rings. The zero-order valence-electron chi connectivity index (χ0n) is 9.41. The maximum atomic E-state index is 10.4. The van der Waals surface area contributed by atoms with Crippen molar-refractivity contribution >= 4 is 11.9 Å². The first-order chi connectivity index (χ1) is 7.88. The van der Waals surface area contributed by atoms with Gasteiger partial charge in [-0.05, 0) is 5.92 Å². The van der Waals surface area contributed by atoms with E-state index in [1.807, 2.05) is 0 Å². The summed E-state index contributed by atoms with van der Waals surface area (Å²) in [5, 5.41) is 35.4. The summed E-state index contributed by atoms with van der Waals surface area (Å²) in [6.45, 7) is 0.769. The Labute approximate surface area is 98.5 Å². The van der Waals surface area contributed by atoms with Crippen LogP contribution >= 0.6 is 0 Å². The summed E-state index contributed by atoms with van der Waals surface area (Å²) < 4.78 is 0. The minimum Gasteiger partial charge on any atom is -0.478 e. The molecule has 0 aliphatic carbocycles. The highest BCUT2D eigenvalue weighted by atomic mass is 16.4. The predicted octanol–water partition coefficient (Wildman–Crippen LogP) is -0.125. The molecular weight excluding hydrogens is 228 g/mol. The molecule has 0 amide bonds. The molecule has 0 radical (unpaired) electrons. The lowest BCUT2D eigenvalue weighted by molar-refractivity contribution is -0.132. The van der Waals surface area contributed by atoms with E-state index in [9.17, 15) is 14.7 Å². The molecule has 1 unspecified atom stereocenters. The van der Waals surface area contributed by atoms with E-state index in [0.717, 1.165) is 12.2 Å². The smallest absolute Gasteiger partial charge is 0.328 e. The number of hydrogen-bond donors (Lipinski definition) is 4. The van der Waals surface area contributed by atoms with Crippen LogP contribution in [0.25, 0.3) is 0 Å². The Morgan fingerprint density at radius 2 is 1.53 bits per heavy atom. The van der Waals surface area contributed by atoms with Crippen LogP contribution < -0.4 is 0 Å². The molecule has 96 valence electrons. The van der Waals surface area contributed by atoms with E-state index < -0.39 is 29.9 Å². The summed E-state index contributed by atoms with van der Waals surface area (Å²) in [7, 11) is 0. The number of aliphatic carboxylic acids is 2. The Morgan fingerprint density at radius 1 is 1.12 bits per heavy atom. The van der Waals surface area contributed by atoms with Crippen LogP contribution in [0.5, 0.6) is 0 Å². The van der Waals surface area contributed by atoms with Crippen molar-refractivity contribution < 1.29 is 30.0 Å². The Bertz CT molecular complexity index is 307. The number of carboxylic acid groups (broad SMARTS) is 2. The number of carboxylic acids is 2. The van der Waals surface area contributed by atoms with Crippen molar-refractivity contribution in [2.45, 2.75) is 6.92 Å². The molecule has 0 spiro atoms. The minimum absolute atomic E-state index is 0.311. The summed E-state index contributed by atoms with van der Waals surface area (Å²) in [6, 6.07) is 0. The average molecular weight is 244 g/mol. The van der Waals surface area contributed by atoms with Crippen LogP contribution in [0.15, 0.2) is 24.3 Å². The van der Waals surface area contributed by atoms with Crippen LogP contribution in [0.2, 0.25) is 0 Å². The number of carbonyl (C=O) groups is 2. The molecule has 17 heavy (non-hydrogen) atoms. The second-order valence-corrected chi connectivity index (χ2v) is 3.70. The number of aliphatic hydroxyl groups excluding tert-OH is 2. The van der Waals surface area contributed by atoms with Gasteiger partial charge in [0.15, 0.2) is 0 Å². The van der Waals surface area contributed by atoms with Crippen LogP contribution in [0, 0.1) is 11.3 Å². The SMILES string of the molecule is CC(CO)C(C=CC(=O)O)(C=CC(=O)O)CO. The van der Waals surface area contributed by atoms with Crippen molar-refractivity contribution in [2.75, 3.05) is 13.2 Å². The standard InChI is InChI=1S/C11H16O6/c1-8(6-12)11(7-13,4-2-9(14)15)5-3-10(16)17/h2-5,8,12-13H,6-7H2,1H3,(H,14,15)(H,16,17). The van der Waals surface area contributed by atoms with Gasteiger partial charge in [-0.15, -0.1) is 0 Å². The van der Waals surface area contributed by atoms with E-state index in [-0.39, 0.29) is 6.61 Å². The van der Waals surface area contributed by atoms with Crippen LogP contribution in [-0.2, 0) is 9.59 Å². The molecule has 1 atom stereocenters. The van der Waals surface area contributed by atoms with Gasteiger partial charge in [0.25, 0.3) is 0 Å². The highest BCUT2D eigenvalue weighted by Gasteiger charge is 2.30. The number of hydrogen-bond acceptors (Lipinski definition) is 4. The normalized spacial score (nSPS) is 17.1. The second-order valence-electron chi connectivity index (χ2n) is 3.70. The van der Waals surface area contributed by atoms with Gasteiger partial charge < -0.3 is 20.4 Å². The first kappa shape index (κ1) is 15.3. The van der Waals surface area contributed by atoms with Crippen LogP contribution in [-0.4, -0.2) is 45.6 Å². The average Bonchev–Trinajstić information content (AvgIpc) is 2.28. The molecule has 6 heteroatoms. The topological polar surface area (TPSA) is 115 Å². The molecule has 0 aliphatic rings. The van der Waals surface area contributed by atoms with Crippen molar-refractivity contribution in [2.24, 2.45) is 11.3 Å². The Kier molecular flexibility index (Phi) is 6.16. The van der Waals surface area contributed by atoms with E-state index in [4.69, 9.17) is 15.3 Å². The lowest BCUT2D eigenvalue weighted by atomic mass is 9.76. The second kappa shape index (κ2) is 6.82. The lowest BCUT2D eigenvalue weighted by Crippen LogP contribution is -2.31. The van der Waals surface area contributed by atoms with Gasteiger partial charge in [0.1, 0.15) is 0 Å². The molecule has 6 nitrogen and oxygen atoms in total. The summed E-state index contributed by atoms with van der Waals surface area (Å²) in [5.74, 6) is -2.94. The van der Waals surface area contributed by atoms with Crippen LogP contribution in [0.4, 0.5) is 0 Å². The lowest BCUT2D eigenvalue weighted by Gasteiger charge is -2.30. The highest BCUT2D eigenvalue weighted by molar-refractivity contribution is 5.81. The minimum atomic E-state index is -1.21. The van der Waals surface area contributed by atoms with Crippen molar-refractivity contribution in [3.8, 4) is 0 Å². The van der Waals surface area contributed by atoms with Gasteiger partial charge in [-0.1, -0.05) is 19.1 Å². The van der Waals surface area contributed by atoms with Gasteiger partial charge in [0, 0.05) is 24.2 Å². The largest absolute Gasteiger partial charge is 0.478 e. The molecule has 0 aromatic carbocycles. The molecule has 0 fully saturated rings. The van der Waals surface area contributed by atoms with Crippen molar-refractivity contribution in [3.63, 3.8) is 0 Å². The molecular formula is C11H16O6. The van der Waals surface area contributed by atoms with Crippen molar-refractivity contribution in [1.82, 2.24) is 0 Å². The monoisotopic (exact) mass is 244 g/mol. The molecule has 0 aromatic heterocycles. The van der Waals surface area contributed by atoms with Crippen LogP contribution in [0.1, 0.15) is 6.92 Å². The zero-order valence-corrected chi connectivity index (χ0v) is 9.41. The zero-order chi connectivity index (χ0) is 13.5. The van der Waals surface area contributed by atoms with E-state index in [1.165, 1.54) is 12.2 Å². The maximum absolute atomic E-state index is 10.4.